The van der Waals surface area contributed by atoms with Crippen LogP contribution in [0.3, 0.4) is 0 Å². The molecule has 1 aromatic carbocycles. The van der Waals surface area contributed by atoms with E-state index in [0.29, 0.717) is 19.0 Å². The molecule has 25 heavy (non-hydrogen) atoms. The number of rotatable bonds is 5. The first-order valence-electron chi connectivity index (χ1n) is 7.52. The van der Waals surface area contributed by atoms with Crippen molar-refractivity contribution in [1.82, 2.24) is 9.97 Å². The molecule has 0 aliphatic heterocycles. The van der Waals surface area contributed by atoms with E-state index < -0.39 is 22.7 Å². The minimum absolute atomic E-state index is 0.0234. The van der Waals surface area contributed by atoms with Crippen molar-refractivity contribution in [3.05, 3.63) is 46.7 Å². The second-order valence-corrected chi connectivity index (χ2v) is 5.47. The third-order valence-electron chi connectivity index (χ3n) is 3.45. The van der Waals surface area contributed by atoms with E-state index in [1.807, 2.05) is 18.7 Å². The van der Waals surface area contributed by atoms with Crippen LogP contribution in [0.25, 0.3) is 0 Å². The molecule has 0 spiro atoms. The molecule has 0 aliphatic rings. The van der Waals surface area contributed by atoms with Crippen LogP contribution in [0.5, 0.6) is 0 Å². The van der Waals surface area contributed by atoms with Crippen molar-refractivity contribution in [3.8, 4) is 0 Å². The van der Waals surface area contributed by atoms with Crippen LogP contribution in [0.4, 0.5) is 24.8 Å². The van der Waals surface area contributed by atoms with Crippen molar-refractivity contribution in [1.29, 1.82) is 0 Å². The second kappa shape index (κ2) is 7.69. The van der Waals surface area contributed by atoms with Crippen LogP contribution in [-0.4, -0.2) is 29.0 Å². The summed E-state index contributed by atoms with van der Waals surface area (Å²) in [7, 11) is 0. The van der Waals surface area contributed by atoms with Crippen LogP contribution < -0.4 is 10.2 Å². The standard InChI is InChI=1S/C16H16ClF3N4O/c1-3-24(4-2)15-21-8-7-13(23-15)14(25)22-10-5-6-12(17)11(9-10)16(18,19)20/h5-9H,3-4H2,1-2H3,(H,22,25). The minimum Gasteiger partial charge on any atom is -0.341 e. The fourth-order valence-electron chi connectivity index (χ4n) is 2.15. The minimum atomic E-state index is -4.61. The molecule has 0 bridgehead atoms. The van der Waals surface area contributed by atoms with Gasteiger partial charge in [0.2, 0.25) is 5.95 Å². The van der Waals surface area contributed by atoms with Gasteiger partial charge in [-0.3, -0.25) is 4.79 Å². The fraction of sp³-hybridized carbons (Fsp3) is 0.312. The molecule has 9 heteroatoms. The number of hydrogen-bond acceptors (Lipinski definition) is 4. The van der Waals surface area contributed by atoms with Gasteiger partial charge in [-0.25, -0.2) is 9.97 Å². The summed E-state index contributed by atoms with van der Waals surface area (Å²) in [6.45, 7) is 5.17. The third-order valence-corrected chi connectivity index (χ3v) is 3.78. The molecule has 2 rings (SSSR count). The maximum atomic E-state index is 12.9. The topological polar surface area (TPSA) is 58.1 Å². The SMILES string of the molecule is CCN(CC)c1nccc(C(=O)Nc2ccc(Cl)c(C(F)(F)F)c2)n1. The lowest BCUT2D eigenvalue weighted by atomic mass is 10.2. The van der Waals surface area contributed by atoms with E-state index >= 15 is 0 Å². The summed E-state index contributed by atoms with van der Waals surface area (Å²) in [5.41, 5.74) is -0.983. The van der Waals surface area contributed by atoms with E-state index in [0.717, 1.165) is 12.1 Å². The molecule has 0 radical (unpaired) electrons. The Kier molecular flexibility index (Phi) is 5.84. The molecular weight excluding hydrogens is 357 g/mol. The van der Waals surface area contributed by atoms with Gasteiger partial charge in [-0.15, -0.1) is 0 Å². The zero-order chi connectivity index (χ0) is 18.6. The molecule has 1 N–H and O–H groups in total. The van der Waals surface area contributed by atoms with Gasteiger partial charge in [0.05, 0.1) is 10.6 Å². The summed E-state index contributed by atoms with van der Waals surface area (Å²) >= 11 is 5.56. The van der Waals surface area contributed by atoms with Gasteiger partial charge in [-0.05, 0) is 38.1 Å². The number of carbonyl (C=O) groups is 1. The van der Waals surface area contributed by atoms with E-state index in [1.54, 1.807) is 0 Å². The van der Waals surface area contributed by atoms with E-state index in [1.165, 1.54) is 18.3 Å². The first-order valence-corrected chi connectivity index (χ1v) is 7.90. The van der Waals surface area contributed by atoms with Gasteiger partial charge in [0.1, 0.15) is 5.69 Å². The summed E-state index contributed by atoms with van der Waals surface area (Å²) < 4.78 is 38.7. The zero-order valence-corrected chi connectivity index (χ0v) is 14.3. The Balaban J connectivity index is 2.24. The smallest absolute Gasteiger partial charge is 0.341 e. The Bertz CT molecular complexity index is 763. The van der Waals surface area contributed by atoms with Crippen molar-refractivity contribution in [2.24, 2.45) is 0 Å². The summed E-state index contributed by atoms with van der Waals surface area (Å²) in [6.07, 6.45) is -3.18. The lowest BCUT2D eigenvalue weighted by molar-refractivity contribution is -0.137. The second-order valence-electron chi connectivity index (χ2n) is 5.06. The van der Waals surface area contributed by atoms with Crippen LogP contribution in [0, 0.1) is 0 Å². The highest BCUT2D eigenvalue weighted by Crippen LogP contribution is 2.36. The Hall–Kier alpha value is -2.35. The molecule has 1 aromatic heterocycles. The quantitative estimate of drug-likeness (QED) is 0.852. The summed E-state index contributed by atoms with van der Waals surface area (Å²) in [6, 6.07) is 4.55. The highest BCUT2D eigenvalue weighted by molar-refractivity contribution is 6.31. The van der Waals surface area contributed by atoms with Crippen LogP contribution >= 0.6 is 11.6 Å². The highest BCUT2D eigenvalue weighted by atomic mass is 35.5. The summed E-state index contributed by atoms with van der Waals surface area (Å²) in [5.74, 6) is -0.254. The predicted octanol–water partition coefficient (Wildman–Crippen LogP) is 4.25. The summed E-state index contributed by atoms with van der Waals surface area (Å²) in [4.78, 5) is 22.4. The Morgan fingerprint density at radius 3 is 2.52 bits per heavy atom. The van der Waals surface area contributed by atoms with Gasteiger partial charge in [0.15, 0.2) is 0 Å². The van der Waals surface area contributed by atoms with Gasteiger partial charge in [0, 0.05) is 25.0 Å². The number of anilines is 2. The van der Waals surface area contributed by atoms with Crippen molar-refractivity contribution < 1.29 is 18.0 Å². The van der Waals surface area contributed by atoms with Crippen molar-refractivity contribution in [2.45, 2.75) is 20.0 Å². The molecule has 1 heterocycles. The van der Waals surface area contributed by atoms with Gasteiger partial charge < -0.3 is 10.2 Å². The lowest BCUT2D eigenvalue weighted by Gasteiger charge is -2.18. The first-order chi connectivity index (χ1) is 11.8. The lowest BCUT2D eigenvalue weighted by Crippen LogP contribution is -2.25. The summed E-state index contributed by atoms with van der Waals surface area (Å²) in [5, 5.41) is 1.96. The molecule has 0 saturated carbocycles. The molecule has 134 valence electrons. The number of aromatic nitrogens is 2. The van der Waals surface area contributed by atoms with E-state index in [2.05, 4.69) is 15.3 Å². The van der Waals surface area contributed by atoms with Crippen molar-refractivity contribution in [2.75, 3.05) is 23.3 Å². The maximum Gasteiger partial charge on any atom is 0.417 e. The highest BCUT2D eigenvalue weighted by Gasteiger charge is 2.33. The Labute approximate surface area is 147 Å². The number of benzene rings is 1. The maximum absolute atomic E-state index is 12.9. The molecular formula is C16H16ClF3N4O. The average Bonchev–Trinajstić information content (AvgIpc) is 2.57. The Morgan fingerprint density at radius 1 is 1.24 bits per heavy atom. The largest absolute Gasteiger partial charge is 0.417 e. The fourth-order valence-corrected chi connectivity index (χ4v) is 2.37. The normalized spacial score (nSPS) is 11.3. The van der Waals surface area contributed by atoms with Crippen LogP contribution in [0.1, 0.15) is 29.9 Å². The monoisotopic (exact) mass is 372 g/mol. The van der Waals surface area contributed by atoms with Crippen LogP contribution in [0.2, 0.25) is 5.02 Å². The van der Waals surface area contributed by atoms with Crippen LogP contribution in [0.15, 0.2) is 30.5 Å². The molecule has 5 nitrogen and oxygen atoms in total. The average molecular weight is 373 g/mol. The van der Waals surface area contributed by atoms with E-state index in [9.17, 15) is 18.0 Å². The molecule has 0 fully saturated rings. The molecule has 0 unspecified atom stereocenters. The van der Waals surface area contributed by atoms with E-state index in [4.69, 9.17) is 11.6 Å². The van der Waals surface area contributed by atoms with Gasteiger partial charge in [-0.2, -0.15) is 13.2 Å². The van der Waals surface area contributed by atoms with Gasteiger partial charge >= 0.3 is 6.18 Å². The van der Waals surface area contributed by atoms with Gasteiger partial charge in [0.25, 0.3) is 5.91 Å². The van der Waals surface area contributed by atoms with E-state index in [-0.39, 0.29) is 11.4 Å². The number of nitrogens with one attached hydrogen (secondary N) is 1. The van der Waals surface area contributed by atoms with Crippen molar-refractivity contribution >= 4 is 29.1 Å². The molecule has 0 saturated heterocycles. The predicted molar refractivity (Wildman–Crippen MR) is 90.0 cm³/mol. The molecule has 0 aliphatic carbocycles. The Morgan fingerprint density at radius 2 is 1.92 bits per heavy atom. The number of nitrogens with zero attached hydrogens (tertiary/aromatic N) is 3. The molecule has 0 atom stereocenters. The van der Waals surface area contributed by atoms with Gasteiger partial charge in [-0.1, -0.05) is 11.6 Å². The van der Waals surface area contributed by atoms with Crippen LogP contribution in [-0.2, 0) is 6.18 Å². The third kappa shape index (κ3) is 4.60. The number of carbonyl (C=O) groups excluding carboxylic acids is 1. The number of hydrogen-bond donors (Lipinski definition) is 1. The molecule has 1 amide bonds. The molecule has 2 aromatic rings. The van der Waals surface area contributed by atoms with Crippen molar-refractivity contribution in [3.63, 3.8) is 0 Å². The first kappa shape index (κ1) is 19.0. The number of amides is 1. The zero-order valence-electron chi connectivity index (χ0n) is 13.6. The number of halogens is 4. The number of alkyl halides is 3.